The first-order valence-corrected chi connectivity index (χ1v) is 10.7. The normalized spacial score (nSPS) is 12.3. The van der Waals surface area contributed by atoms with E-state index in [2.05, 4.69) is 21.9 Å². The minimum absolute atomic E-state index is 0.143. The summed E-state index contributed by atoms with van der Waals surface area (Å²) >= 11 is 0. The average Bonchev–Trinajstić information content (AvgIpc) is 2.81. The quantitative estimate of drug-likeness (QED) is 0.414. The van der Waals surface area contributed by atoms with Crippen LogP contribution in [0.3, 0.4) is 0 Å². The molecule has 1 aromatic heterocycles. The molecule has 4 N–H and O–H groups in total. The number of benzene rings is 2. The topological polar surface area (TPSA) is 112 Å². The summed E-state index contributed by atoms with van der Waals surface area (Å²) in [6.07, 6.45) is 2.68. The Bertz CT molecular complexity index is 1120. The highest BCUT2D eigenvalue weighted by atomic mass is 16.5. The van der Waals surface area contributed by atoms with E-state index in [1.54, 1.807) is 13.3 Å². The average molecular weight is 431 g/mol. The SMILES string of the molecule is CCCN=C(N)c1ccc(-c2ccnc(-c3ccc(C(N)=NC(C)C)cc3)n2)c(OC)c1. The largest absolute Gasteiger partial charge is 0.496 e. The highest BCUT2D eigenvalue weighted by Crippen LogP contribution is 2.30. The van der Waals surface area contributed by atoms with Gasteiger partial charge in [0.1, 0.15) is 17.4 Å². The van der Waals surface area contributed by atoms with Crippen molar-refractivity contribution in [2.24, 2.45) is 21.5 Å². The summed E-state index contributed by atoms with van der Waals surface area (Å²) in [5, 5.41) is 0. The van der Waals surface area contributed by atoms with Gasteiger partial charge in [0.05, 0.1) is 12.8 Å². The van der Waals surface area contributed by atoms with Crippen LogP contribution < -0.4 is 16.2 Å². The van der Waals surface area contributed by atoms with E-state index in [0.717, 1.165) is 34.4 Å². The van der Waals surface area contributed by atoms with Gasteiger partial charge in [-0.05, 0) is 38.5 Å². The molecule has 0 fully saturated rings. The van der Waals surface area contributed by atoms with Crippen LogP contribution in [0.1, 0.15) is 38.3 Å². The molecule has 32 heavy (non-hydrogen) atoms. The lowest BCUT2D eigenvalue weighted by Crippen LogP contribution is -2.15. The summed E-state index contributed by atoms with van der Waals surface area (Å²) in [4.78, 5) is 18.0. The Labute approximate surface area is 189 Å². The fourth-order valence-electron chi connectivity index (χ4n) is 3.18. The molecule has 3 aromatic rings. The Balaban J connectivity index is 1.92. The van der Waals surface area contributed by atoms with Gasteiger partial charge in [0.15, 0.2) is 5.82 Å². The highest BCUT2D eigenvalue weighted by molar-refractivity contribution is 5.99. The Morgan fingerprint density at radius 3 is 2.38 bits per heavy atom. The summed E-state index contributed by atoms with van der Waals surface area (Å²) in [5.41, 5.74) is 16.4. The summed E-state index contributed by atoms with van der Waals surface area (Å²) in [7, 11) is 1.63. The molecule has 0 spiro atoms. The van der Waals surface area contributed by atoms with Crippen LogP contribution in [0.25, 0.3) is 22.6 Å². The van der Waals surface area contributed by atoms with E-state index in [1.807, 2.05) is 62.4 Å². The molecule has 3 rings (SSSR count). The van der Waals surface area contributed by atoms with E-state index in [0.29, 0.717) is 29.8 Å². The molecule has 0 amide bonds. The molecule has 0 bridgehead atoms. The second-order valence-electron chi connectivity index (χ2n) is 7.63. The number of ether oxygens (including phenoxy) is 1. The second-order valence-corrected chi connectivity index (χ2v) is 7.63. The molecule has 7 heteroatoms. The molecule has 1 heterocycles. The van der Waals surface area contributed by atoms with Gasteiger partial charge in [0.2, 0.25) is 0 Å². The molecule has 0 atom stereocenters. The van der Waals surface area contributed by atoms with Crippen molar-refractivity contribution in [3.63, 3.8) is 0 Å². The monoisotopic (exact) mass is 430 g/mol. The van der Waals surface area contributed by atoms with Crippen molar-refractivity contribution >= 4 is 11.7 Å². The summed E-state index contributed by atoms with van der Waals surface area (Å²) in [6, 6.07) is 15.5. The maximum Gasteiger partial charge on any atom is 0.159 e. The van der Waals surface area contributed by atoms with Gasteiger partial charge in [-0.25, -0.2) is 9.97 Å². The zero-order valence-electron chi connectivity index (χ0n) is 19.0. The van der Waals surface area contributed by atoms with Gasteiger partial charge in [-0.15, -0.1) is 0 Å². The van der Waals surface area contributed by atoms with Gasteiger partial charge in [0, 0.05) is 41.0 Å². The Kier molecular flexibility index (Phi) is 7.54. The number of nitrogens with two attached hydrogens (primary N) is 2. The minimum atomic E-state index is 0.143. The highest BCUT2D eigenvalue weighted by Gasteiger charge is 2.12. The zero-order valence-corrected chi connectivity index (χ0v) is 19.0. The predicted molar refractivity (Wildman–Crippen MR) is 131 cm³/mol. The number of hydrogen-bond donors (Lipinski definition) is 2. The molecule has 0 aliphatic heterocycles. The van der Waals surface area contributed by atoms with Crippen LogP contribution in [0.5, 0.6) is 5.75 Å². The summed E-state index contributed by atoms with van der Waals surface area (Å²) in [6.45, 7) is 6.75. The maximum atomic E-state index is 6.10. The van der Waals surface area contributed by atoms with Crippen molar-refractivity contribution in [1.82, 2.24) is 9.97 Å². The third-order valence-corrected chi connectivity index (χ3v) is 4.77. The molecule has 0 saturated carbocycles. The standard InChI is InChI=1S/C25H30N6O/c1-5-13-28-23(26)19-10-11-20(22(15-19)32-4)21-12-14-29-25(31-21)18-8-6-17(7-9-18)24(27)30-16(2)3/h6-12,14-16H,5,13H2,1-4H3,(H2,26,28)(H2,27,30). The summed E-state index contributed by atoms with van der Waals surface area (Å²) in [5.74, 6) is 2.31. The predicted octanol–water partition coefficient (Wildman–Crippen LogP) is 4.05. The first kappa shape index (κ1) is 22.9. The van der Waals surface area contributed by atoms with Crippen LogP contribution in [0.4, 0.5) is 0 Å². The molecule has 0 unspecified atom stereocenters. The van der Waals surface area contributed by atoms with Gasteiger partial charge in [-0.2, -0.15) is 0 Å². The lowest BCUT2D eigenvalue weighted by Gasteiger charge is -2.11. The molecular weight excluding hydrogens is 400 g/mol. The van der Waals surface area contributed by atoms with E-state index in [9.17, 15) is 0 Å². The van der Waals surface area contributed by atoms with E-state index < -0.39 is 0 Å². The van der Waals surface area contributed by atoms with Gasteiger partial charge >= 0.3 is 0 Å². The van der Waals surface area contributed by atoms with Crippen LogP contribution >= 0.6 is 0 Å². The number of aromatic nitrogens is 2. The number of amidine groups is 2. The van der Waals surface area contributed by atoms with Gasteiger partial charge in [-0.1, -0.05) is 37.3 Å². The third kappa shape index (κ3) is 5.49. The van der Waals surface area contributed by atoms with E-state index >= 15 is 0 Å². The number of nitrogens with zero attached hydrogens (tertiary/aromatic N) is 4. The Morgan fingerprint density at radius 2 is 1.72 bits per heavy atom. The molecule has 0 radical (unpaired) electrons. The van der Waals surface area contributed by atoms with Crippen LogP contribution in [-0.2, 0) is 0 Å². The molecule has 0 aliphatic rings. The molecule has 166 valence electrons. The van der Waals surface area contributed by atoms with Crippen molar-refractivity contribution in [1.29, 1.82) is 0 Å². The number of methoxy groups -OCH3 is 1. The molecular formula is C25H30N6O. The Morgan fingerprint density at radius 1 is 1.00 bits per heavy atom. The van der Waals surface area contributed by atoms with Crippen molar-refractivity contribution in [2.75, 3.05) is 13.7 Å². The number of aliphatic imine (C=N–C) groups is 2. The van der Waals surface area contributed by atoms with Crippen molar-refractivity contribution in [3.05, 3.63) is 65.9 Å². The van der Waals surface area contributed by atoms with E-state index in [1.165, 1.54) is 0 Å². The zero-order chi connectivity index (χ0) is 23.1. The van der Waals surface area contributed by atoms with Crippen molar-refractivity contribution in [2.45, 2.75) is 33.2 Å². The van der Waals surface area contributed by atoms with Gasteiger partial charge in [0.25, 0.3) is 0 Å². The van der Waals surface area contributed by atoms with Crippen LogP contribution in [0.2, 0.25) is 0 Å². The van der Waals surface area contributed by atoms with E-state index in [-0.39, 0.29) is 6.04 Å². The number of rotatable bonds is 8. The molecule has 7 nitrogen and oxygen atoms in total. The van der Waals surface area contributed by atoms with Crippen molar-refractivity contribution < 1.29 is 4.74 Å². The summed E-state index contributed by atoms with van der Waals surface area (Å²) < 4.78 is 5.62. The maximum absolute atomic E-state index is 6.10. The van der Waals surface area contributed by atoms with Gasteiger partial charge < -0.3 is 16.2 Å². The van der Waals surface area contributed by atoms with Crippen LogP contribution in [0.15, 0.2) is 64.7 Å². The minimum Gasteiger partial charge on any atom is -0.496 e. The van der Waals surface area contributed by atoms with Crippen molar-refractivity contribution in [3.8, 4) is 28.4 Å². The lowest BCUT2D eigenvalue weighted by atomic mass is 10.1. The second kappa shape index (κ2) is 10.5. The number of hydrogen-bond acceptors (Lipinski definition) is 5. The van der Waals surface area contributed by atoms with Gasteiger partial charge in [-0.3, -0.25) is 9.98 Å². The van der Waals surface area contributed by atoms with Crippen LogP contribution in [-0.4, -0.2) is 41.3 Å². The molecule has 0 aliphatic carbocycles. The third-order valence-electron chi connectivity index (χ3n) is 4.77. The van der Waals surface area contributed by atoms with E-state index in [4.69, 9.17) is 21.2 Å². The lowest BCUT2D eigenvalue weighted by molar-refractivity contribution is 0.416. The smallest absolute Gasteiger partial charge is 0.159 e. The first-order valence-electron chi connectivity index (χ1n) is 10.7. The molecule has 0 saturated heterocycles. The Hall–Kier alpha value is -3.74. The van der Waals surface area contributed by atoms with Crippen LogP contribution in [0, 0.1) is 0 Å². The fraction of sp³-hybridized carbons (Fsp3) is 0.280. The fourth-order valence-corrected chi connectivity index (χ4v) is 3.18. The first-order chi connectivity index (χ1) is 15.4. The molecule has 2 aromatic carbocycles.